The molecular formula is C13H19BrO3. The summed E-state index contributed by atoms with van der Waals surface area (Å²) in [5.41, 5.74) is 0.983. The predicted molar refractivity (Wildman–Crippen MR) is 72.0 cm³/mol. The van der Waals surface area contributed by atoms with E-state index in [-0.39, 0.29) is 12.0 Å². The average Bonchev–Trinajstić information content (AvgIpc) is 2.28. The largest absolute Gasteiger partial charge is 0.493 e. The number of halogens is 1. The Hall–Kier alpha value is -0.740. The van der Waals surface area contributed by atoms with E-state index in [4.69, 9.17) is 14.6 Å². The molecule has 1 rings (SSSR count). The average molecular weight is 303 g/mol. The van der Waals surface area contributed by atoms with Gasteiger partial charge in [0.1, 0.15) is 0 Å². The second-order valence-corrected chi connectivity index (χ2v) is 5.40. The Bertz CT molecular complexity index is 388. The quantitative estimate of drug-likeness (QED) is 0.908. The highest BCUT2D eigenvalue weighted by Gasteiger charge is 2.24. The first-order valence-corrected chi connectivity index (χ1v) is 6.28. The Morgan fingerprint density at radius 3 is 2.18 bits per heavy atom. The van der Waals surface area contributed by atoms with Crippen LogP contribution in [0, 0.1) is 0 Å². The normalized spacial score (nSPS) is 11.4. The number of benzene rings is 1. The van der Waals surface area contributed by atoms with Gasteiger partial charge in [-0.3, -0.25) is 0 Å². The molecule has 0 fully saturated rings. The van der Waals surface area contributed by atoms with E-state index in [1.165, 1.54) is 0 Å². The zero-order valence-corrected chi connectivity index (χ0v) is 12.3. The van der Waals surface area contributed by atoms with Crippen molar-refractivity contribution in [2.45, 2.75) is 25.7 Å². The molecule has 0 saturated heterocycles. The van der Waals surface area contributed by atoms with Crippen LogP contribution in [-0.2, 0) is 5.41 Å². The van der Waals surface area contributed by atoms with Gasteiger partial charge in [-0.1, -0.05) is 29.8 Å². The van der Waals surface area contributed by atoms with Crippen molar-refractivity contribution >= 4 is 15.9 Å². The van der Waals surface area contributed by atoms with E-state index >= 15 is 0 Å². The van der Waals surface area contributed by atoms with Crippen molar-refractivity contribution in [3.8, 4) is 11.5 Å². The number of ether oxygens (including phenoxy) is 2. The van der Waals surface area contributed by atoms with E-state index in [0.29, 0.717) is 17.9 Å². The number of hydrogen-bond donors (Lipinski definition) is 1. The summed E-state index contributed by atoms with van der Waals surface area (Å²) in [5.74, 6) is 1.40. The first-order chi connectivity index (χ1) is 7.96. The fraction of sp³-hybridized carbons (Fsp3) is 0.538. The summed E-state index contributed by atoms with van der Waals surface area (Å²) in [5, 5.41) is 9.11. The van der Waals surface area contributed by atoms with Crippen LogP contribution in [0.25, 0.3) is 0 Å². The zero-order chi connectivity index (χ0) is 13.1. The molecule has 0 spiro atoms. The van der Waals surface area contributed by atoms with Gasteiger partial charge < -0.3 is 14.6 Å². The molecule has 0 unspecified atom stereocenters. The molecule has 0 aromatic heterocycles. The molecule has 17 heavy (non-hydrogen) atoms. The summed E-state index contributed by atoms with van der Waals surface area (Å²) in [6.07, 6.45) is 0.696. The minimum atomic E-state index is -0.118. The molecule has 0 aliphatic carbocycles. The molecule has 1 N–H and O–H groups in total. The van der Waals surface area contributed by atoms with Gasteiger partial charge in [0.15, 0.2) is 11.5 Å². The topological polar surface area (TPSA) is 38.7 Å². The van der Waals surface area contributed by atoms with E-state index in [2.05, 4.69) is 29.8 Å². The summed E-state index contributed by atoms with van der Waals surface area (Å²) in [4.78, 5) is 0. The number of aliphatic hydroxyl groups is 1. The lowest BCUT2D eigenvalue weighted by Crippen LogP contribution is -2.19. The molecule has 1 aromatic rings. The van der Waals surface area contributed by atoms with Crippen LogP contribution >= 0.6 is 15.9 Å². The van der Waals surface area contributed by atoms with E-state index < -0.39 is 0 Å². The van der Waals surface area contributed by atoms with Gasteiger partial charge in [-0.25, -0.2) is 0 Å². The lowest BCUT2D eigenvalue weighted by molar-refractivity contribution is 0.251. The molecule has 0 amide bonds. The summed E-state index contributed by atoms with van der Waals surface area (Å²) < 4.78 is 11.5. The van der Waals surface area contributed by atoms with Gasteiger partial charge in [-0.05, 0) is 29.5 Å². The second-order valence-electron chi connectivity index (χ2n) is 4.54. The monoisotopic (exact) mass is 302 g/mol. The Morgan fingerprint density at radius 2 is 1.71 bits per heavy atom. The van der Waals surface area contributed by atoms with Crippen LogP contribution in [0.15, 0.2) is 16.6 Å². The first kappa shape index (κ1) is 14.3. The molecule has 1 aromatic carbocycles. The maximum absolute atomic E-state index is 9.11. The highest BCUT2D eigenvalue weighted by molar-refractivity contribution is 9.10. The molecule has 0 aliphatic rings. The molecule has 0 heterocycles. The van der Waals surface area contributed by atoms with Gasteiger partial charge in [-0.15, -0.1) is 0 Å². The highest BCUT2D eigenvalue weighted by Crippen LogP contribution is 2.40. The third-order valence-corrected chi connectivity index (χ3v) is 3.60. The zero-order valence-electron chi connectivity index (χ0n) is 10.7. The number of hydrogen-bond acceptors (Lipinski definition) is 3. The minimum absolute atomic E-state index is 0.118. The maximum atomic E-state index is 9.11. The van der Waals surface area contributed by atoms with Crippen molar-refractivity contribution < 1.29 is 14.6 Å². The molecule has 4 heteroatoms. The lowest BCUT2D eigenvalue weighted by atomic mass is 9.82. The fourth-order valence-corrected chi connectivity index (χ4v) is 2.65. The summed E-state index contributed by atoms with van der Waals surface area (Å²) in [6, 6.07) is 3.85. The van der Waals surface area contributed by atoms with Crippen molar-refractivity contribution in [3.63, 3.8) is 0 Å². The number of methoxy groups -OCH3 is 2. The minimum Gasteiger partial charge on any atom is -0.493 e. The van der Waals surface area contributed by atoms with Gasteiger partial charge in [-0.2, -0.15) is 0 Å². The summed E-state index contributed by atoms with van der Waals surface area (Å²) in [6.45, 7) is 4.35. The van der Waals surface area contributed by atoms with Gasteiger partial charge in [0.25, 0.3) is 0 Å². The molecule has 96 valence electrons. The van der Waals surface area contributed by atoms with Crippen LogP contribution in [0.4, 0.5) is 0 Å². The van der Waals surface area contributed by atoms with Crippen LogP contribution in [0.2, 0.25) is 0 Å². The Balaban J connectivity index is 3.25. The Kier molecular flexibility index (Phi) is 4.83. The van der Waals surface area contributed by atoms with Crippen LogP contribution in [0.3, 0.4) is 0 Å². The van der Waals surface area contributed by atoms with E-state index in [0.717, 1.165) is 10.0 Å². The van der Waals surface area contributed by atoms with Crippen LogP contribution < -0.4 is 9.47 Å². The molecule has 0 aliphatic heterocycles. The summed E-state index contributed by atoms with van der Waals surface area (Å²) >= 11 is 3.54. The van der Waals surface area contributed by atoms with Crippen molar-refractivity contribution in [1.29, 1.82) is 0 Å². The third kappa shape index (κ3) is 3.13. The Morgan fingerprint density at radius 1 is 1.18 bits per heavy atom. The van der Waals surface area contributed by atoms with Crippen molar-refractivity contribution in [3.05, 3.63) is 22.2 Å². The van der Waals surface area contributed by atoms with E-state index in [9.17, 15) is 0 Å². The van der Waals surface area contributed by atoms with Gasteiger partial charge in [0, 0.05) is 11.1 Å². The molecule has 0 bridgehead atoms. The molecule has 3 nitrogen and oxygen atoms in total. The fourth-order valence-electron chi connectivity index (χ4n) is 1.79. The van der Waals surface area contributed by atoms with E-state index in [1.54, 1.807) is 14.2 Å². The molecule has 0 atom stereocenters. The third-order valence-electron chi connectivity index (χ3n) is 2.94. The smallest absolute Gasteiger partial charge is 0.161 e. The first-order valence-electron chi connectivity index (χ1n) is 5.49. The molecular weight excluding hydrogens is 284 g/mol. The van der Waals surface area contributed by atoms with Gasteiger partial charge in [0.2, 0.25) is 0 Å². The molecule has 0 radical (unpaired) electrons. The predicted octanol–water partition coefficient (Wildman–Crippen LogP) is 3.13. The van der Waals surface area contributed by atoms with Gasteiger partial charge in [0.05, 0.1) is 14.2 Å². The second kappa shape index (κ2) is 5.74. The summed E-state index contributed by atoms with van der Waals surface area (Å²) in [7, 11) is 3.23. The lowest BCUT2D eigenvalue weighted by Gasteiger charge is -2.26. The maximum Gasteiger partial charge on any atom is 0.161 e. The molecule has 0 saturated carbocycles. The Labute approximate surface area is 111 Å². The van der Waals surface area contributed by atoms with Gasteiger partial charge >= 0.3 is 0 Å². The van der Waals surface area contributed by atoms with Crippen molar-refractivity contribution in [2.24, 2.45) is 0 Å². The standard InChI is InChI=1S/C13H19BrO3/c1-13(2,5-6-15)9-7-11(16-3)12(17-4)8-10(9)14/h7-8,15H,5-6H2,1-4H3. The van der Waals surface area contributed by atoms with Crippen LogP contribution in [0.5, 0.6) is 11.5 Å². The number of aliphatic hydroxyl groups excluding tert-OH is 1. The van der Waals surface area contributed by atoms with Crippen LogP contribution in [-0.4, -0.2) is 25.9 Å². The SMILES string of the molecule is COc1cc(Br)c(C(C)(C)CCO)cc1OC. The number of rotatable bonds is 5. The van der Waals surface area contributed by atoms with E-state index in [1.807, 2.05) is 12.1 Å². The highest BCUT2D eigenvalue weighted by atomic mass is 79.9. The van der Waals surface area contributed by atoms with Crippen molar-refractivity contribution in [2.75, 3.05) is 20.8 Å². The van der Waals surface area contributed by atoms with Crippen LogP contribution in [0.1, 0.15) is 25.8 Å². The van der Waals surface area contributed by atoms with Crippen molar-refractivity contribution in [1.82, 2.24) is 0 Å².